The number of carboxylic acid groups (broad SMARTS) is 1. The van der Waals surface area contributed by atoms with Crippen LogP contribution in [0.3, 0.4) is 0 Å². The van der Waals surface area contributed by atoms with Crippen molar-refractivity contribution >= 4 is 17.3 Å². The smallest absolute Gasteiger partial charge is 0.339 e. The lowest BCUT2D eigenvalue weighted by Crippen LogP contribution is -2.04. The highest BCUT2D eigenvalue weighted by molar-refractivity contribution is 7.09. The first-order chi connectivity index (χ1) is 9.10. The summed E-state index contributed by atoms with van der Waals surface area (Å²) in [5, 5.41) is 11.8. The van der Waals surface area contributed by atoms with Crippen LogP contribution in [0.1, 0.15) is 28.0 Å². The fraction of sp³-hybridized carbons (Fsp3) is 0.231. The SMILES string of the molecule is CCc1nc(COc2cc(F)ccc2C(=O)O)cs1. The van der Waals surface area contributed by atoms with E-state index in [9.17, 15) is 9.18 Å². The summed E-state index contributed by atoms with van der Waals surface area (Å²) >= 11 is 1.52. The third-order valence-corrected chi connectivity index (χ3v) is 3.49. The maximum Gasteiger partial charge on any atom is 0.339 e. The third-order valence-electron chi connectivity index (χ3n) is 2.45. The first kappa shape index (κ1) is 13.5. The molecule has 0 saturated heterocycles. The molecule has 2 rings (SSSR count). The van der Waals surface area contributed by atoms with Crippen LogP contribution in [-0.2, 0) is 13.0 Å². The molecular formula is C13H12FNO3S. The summed E-state index contributed by atoms with van der Waals surface area (Å²) in [5.41, 5.74) is 0.648. The number of halogens is 1. The van der Waals surface area contributed by atoms with Gasteiger partial charge in [0.1, 0.15) is 23.7 Å². The molecule has 1 N–H and O–H groups in total. The van der Waals surface area contributed by atoms with Gasteiger partial charge in [-0.1, -0.05) is 6.92 Å². The van der Waals surface area contributed by atoms with E-state index in [-0.39, 0.29) is 17.9 Å². The second-order valence-corrected chi connectivity index (χ2v) is 4.76. The van der Waals surface area contributed by atoms with Gasteiger partial charge in [-0.3, -0.25) is 0 Å². The number of benzene rings is 1. The Labute approximate surface area is 113 Å². The molecule has 0 unspecified atom stereocenters. The van der Waals surface area contributed by atoms with Crippen LogP contribution in [0, 0.1) is 5.82 Å². The van der Waals surface area contributed by atoms with E-state index in [1.54, 1.807) is 0 Å². The fourth-order valence-corrected chi connectivity index (χ4v) is 2.25. The van der Waals surface area contributed by atoms with Gasteiger partial charge in [-0.25, -0.2) is 14.2 Å². The highest BCUT2D eigenvalue weighted by atomic mass is 32.1. The number of thiazole rings is 1. The van der Waals surface area contributed by atoms with Crippen LogP contribution < -0.4 is 4.74 Å². The van der Waals surface area contributed by atoms with Gasteiger partial charge < -0.3 is 9.84 Å². The van der Waals surface area contributed by atoms with Crippen LogP contribution in [-0.4, -0.2) is 16.1 Å². The van der Waals surface area contributed by atoms with Crippen molar-refractivity contribution in [1.29, 1.82) is 0 Å². The van der Waals surface area contributed by atoms with Gasteiger partial charge in [-0.2, -0.15) is 0 Å². The molecule has 0 spiro atoms. The van der Waals surface area contributed by atoms with E-state index in [1.807, 2.05) is 12.3 Å². The van der Waals surface area contributed by atoms with Gasteiger partial charge in [0.05, 0.1) is 10.7 Å². The number of ether oxygens (including phenoxy) is 1. The number of carboxylic acids is 1. The van der Waals surface area contributed by atoms with Gasteiger partial charge in [0.15, 0.2) is 0 Å². The Bertz CT molecular complexity index is 597. The topological polar surface area (TPSA) is 59.4 Å². The average Bonchev–Trinajstić information content (AvgIpc) is 2.84. The average molecular weight is 281 g/mol. The van der Waals surface area contributed by atoms with E-state index < -0.39 is 11.8 Å². The van der Waals surface area contributed by atoms with Crippen molar-refractivity contribution in [3.05, 3.63) is 45.7 Å². The van der Waals surface area contributed by atoms with Crippen LogP contribution in [0.2, 0.25) is 0 Å². The van der Waals surface area contributed by atoms with Crippen molar-refractivity contribution in [1.82, 2.24) is 4.98 Å². The normalized spacial score (nSPS) is 10.4. The van der Waals surface area contributed by atoms with Crippen LogP contribution in [0.4, 0.5) is 4.39 Å². The maximum absolute atomic E-state index is 13.1. The first-order valence-electron chi connectivity index (χ1n) is 5.69. The van der Waals surface area contributed by atoms with Crippen molar-refractivity contribution in [3.8, 4) is 5.75 Å². The molecule has 1 aromatic heterocycles. The number of aryl methyl sites for hydroxylation is 1. The predicted molar refractivity (Wildman–Crippen MR) is 69.2 cm³/mol. The van der Waals surface area contributed by atoms with Crippen LogP contribution in [0.5, 0.6) is 5.75 Å². The van der Waals surface area contributed by atoms with Crippen molar-refractivity contribution in [2.75, 3.05) is 0 Å². The van der Waals surface area contributed by atoms with Crippen molar-refractivity contribution in [2.24, 2.45) is 0 Å². The van der Waals surface area contributed by atoms with Gasteiger partial charge in [0.25, 0.3) is 0 Å². The van der Waals surface area contributed by atoms with E-state index in [0.29, 0.717) is 5.69 Å². The molecule has 6 heteroatoms. The number of aromatic nitrogens is 1. The molecule has 0 bridgehead atoms. The molecule has 1 heterocycles. The minimum atomic E-state index is -1.15. The Morgan fingerprint density at radius 2 is 2.32 bits per heavy atom. The molecule has 0 aliphatic carbocycles. The Hall–Kier alpha value is -1.95. The molecule has 0 fully saturated rings. The number of nitrogens with zero attached hydrogens (tertiary/aromatic N) is 1. The summed E-state index contributed by atoms with van der Waals surface area (Å²) in [7, 11) is 0. The van der Waals surface area contributed by atoms with Crippen LogP contribution >= 0.6 is 11.3 Å². The lowest BCUT2D eigenvalue weighted by molar-refractivity contribution is 0.0691. The molecule has 0 saturated carbocycles. The molecule has 0 aliphatic heterocycles. The van der Waals surface area contributed by atoms with Crippen LogP contribution in [0.25, 0.3) is 0 Å². The van der Waals surface area contributed by atoms with Gasteiger partial charge in [0.2, 0.25) is 0 Å². The molecule has 4 nitrogen and oxygen atoms in total. The number of aromatic carboxylic acids is 1. The molecule has 19 heavy (non-hydrogen) atoms. The largest absolute Gasteiger partial charge is 0.486 e. The van der Waals surface area contributed by atoms with E-state index in [2.05, 4.69) is 4.98 Å². The summed E-state index contributed by atoms with van der Waals surface area (Å²) in [5.74, 6) is -1.67. The minimum absolute atomic E-state index is 0.0125. The molecule has 0 aliphatic rings. The molecular weight excluding hydrogens is 269 g/mol. The number of rotatable bonds is 5. The van der Waals surface area contributed by atoms with Crippen molar-refractivity contribution < 1.29 is 19.0 Å². The monoisotopic (exact) mass is 281 g/mol. The molecule has 1 aromatic carbocycles. The highest BCUT2D eigenvalue weighted by Crippen LogP contribution is 2.21. The van der Waals surface area contributed by atoms with Crippen LogP contribution in [0.15, 0.2) is 23.6 Å². The lowest BCUT2D eigenvalue weighted by Gasteiger charge is -2.07. The summed E-state index contributed by atoms with van der Waals surface area (Å²) in [6, 6.07) is 3.34. The molecule has 0 atom stereocenters. The zero-order valence-corrected chi connectivity index (χ0v) is 11.0. The zero-order chi connectivity index (χ0) is 13.8. The number of hydrogen-bond acceptors (Lipinski definition) is 4. The fourth-order valence-electron chi connectivity index (χ4n) is 1.52. The Kier molecular flexibility index (Phi) is 4.11. The van der Waals surface area contributed by atoms with Gasteiger partial charge in [-0.15, -0.1) is 11.3 Å². The van der Waals surface area contributed by atoms with E-state index in [4.69, 9.17) is 9.84 Å². The summed E-state index contributed by atoms with van der Waals surface area (Å²) < 4.78 is 18.5. The Morgan fingerprint density at radius 1 is 1.53 bits per heavy atom. The molecule has 100 valence electrons. The molecule has 2 aromatic rings. The Balaban J connectivity index is 2.14. The minimum Gasteiger partial charge on any atom is -0.486 e. The van der Waals surface area contributed by atoms with Gasteiger partial charge >= 0.3 is 5.97 Å². The third kappa shape index (κ3) is 3.29. The number of hydrogen-bond donors (Lipinski definition) is 1. The van der Waals surface area contributed by atoms with E-state index in [1.165, 1.54) is 17.4 Å². The van der Waals surface area contributed by atoms with Crippen molar-refractivity contribution in [3.63, 3.8) is 0 Å². The Morgan fingerprint density at radius 3 is 2.95 bits per heavy atom. The standard InChI is InChI=1S/C13H12FNO3S/c1-2-12-15-9(7-19-12)6-18-11-5-8(14)3-4-10(11)13(16)17/h3-5,7H,2,6H2,1H3,(H,16,17). The first-order valence-corrected chi connectivity index (χ1v) is 6.57. The summed E-state index contributed by atoms with van der Waals surface area (Å²) in [6.07, 6.45) is 0.838. The second-order valence-electron chi connectivity index (χ2n) is 3.82. The molecule has 0 amide bonds. The van der Waals surface area contributed by atoms with Gasteiger partial charge in [-0.05, 0) is 18.6 Å². The summed E-state index contributed by atoms with van der Waals surface area (Å²) in [4.78, 5) is 15.3. The van der Waals surface area contributed by atoms with E-state index >= 15 is 0 Å². The maximum atomic E-state index is 13.1. The summed E-state index contributed by atoms with van der Waals surface area (Å²) in [6.45, 7) is 2.12. The van der Waals surface area contributed by atoms with Gasteiger partial charge in [0, 0.05) is 11.4 Å². The lowest BCUT2D eigenvalue weighted by atomic mass is 10.2. The number of carbonyl (C=O) groups is 1. The predicted octanol–water partition coefficient (Wildman–Crippen LogP) is 3.12. The zero-order valence-electron chi connectivity index (χ0n) is 10.2. The molecule has 0 radical (unpaired) electrons. The quantitative estimate of drug-likeness (QED) is 0.914. The highest BCUT2D eigenvalue weighted by Gasteiger charge is 2.13. The van der Waals surface area contributed by atoms with E-state index in [0.717, 1.165) is 23.6 Å². The van der Waals surface area contributed by atoms with Crippen molar-refractivity contribution in [2.45, 2.75) is 20.0 Å². The second kappa shape index (κ2) is 5.79.